The number of anilines is 1. The van der Waals surface area contributed by atoms with E-state index in [-0.39, 0.29) is 5.91 Å². The topological polar surface area (TPSA) is 29.1 Å². The van der Waals surface area contributed by atoms with Crippen LogP contribution >= 0.6 is 43.5 Å². The third-order valence-corrected chi connectivity index (χ3v) is 4.09. The number of carbonyl (C=O) groups excluding carboxylic acids is 1. The predicted octanol–water partition coefficient (Wildman–Crippen LogP) is 5.25. The van der Waals surface area contributed by atoms with Gasteiger partial charge in [0.1, 0.15) is 0 Å². The molecule has 1 N–H and O–H groups in total. The highest BCUT2D eigenvalue weighted by Crippen LogP contribution is 2.26. The molecule has 0 fully saturated rings. The Kier molecular flexibility index (Phi) is 5.02. The van der Waals surface area contributed by atoms with Gasteiger partial charge in [0.05, 0.1) is 5.69 Å². The van der Waals surface area contributed by atoms with E-state index in [0.29, 0.717) is 16.3 Å². The van der Waals surface area contributed by atoms with Crippen molar-refractivity contribution in [2.45, 2.75) is 5.33 Å². The highest BCUT2D eigenvalue weighted by Gasteiger charge is 2.08. The lowest BCUT2D eigenvalue weighted by molar-refractivity contribution is 0.102. The molecule has 0 aliphatic heterocycles. The standard InChI is InChI=1S/C14H10Br2ClNO/c15-8-9-1-3-10(4-2-9)14(19)18-13-6-5-11(17)7-12(13)16/h1-7H,8H2,(H,18,19). The quantitative estimate of drug-likeness (QED) is 0.697. The van der Waals surface area contributed by atoms with Crippen LogP contribution in [0.3, 0.4) is 0 Å². The lowest BCUT2D eigenvalue weighted by Crippen LogP contribution is -2.12. The van der Waals surface area contributed by atoms with E-state index in [1.807, 2.05) is 12.1 Å². The Morgan fingerprint density at radius 2 is 1.84 bits per heavy atom. The second-order valence-electron chi connectivity index (χ2n) is 3.91. The average molecular weight is 404 g/mol. The molecule has 0 bridgehead atoms. The molecule has 2 nitrogen and oxygen atoms in total. The summed E-state index contributed by atoms with van der Waals surface area (Å²) in [6, 6.07) is 12.7. The summed E-state index contributed by atoms with van der Waals surface area (Å²) >= 11 is 12.6. The molecule has 0 atom stereocenters. The molecule has 2 aromatic rings. The Balaban J connectivity index is 2.15. The predicted molar refractivity (Wildman–Crippen MR) is 86.2 cm³/mol. The third-order valence-electron chi connectivity index (χ3n) is 2.55. The molecule has 98 valence electrons. The second kappa shape index (κ2) is 6.55. The van der Waals surface area contributed by atoms with Crippen LogP contribution in [-0.4, -0.2) is 5.91 Å². The summed E-state index contributed by atoms with van der Waals surface area (Å²) in [7, 11) is 0. The second-order valence-corrected chi connectivity index (χ2v) is 5.76. The number of amides is 1. The zero-order chi connectivity index (χ0) is 13.8. The molecule has 5 heteroatoms. The van der Waals surface area contributed by atoms with Crippen molar-refractivity contribution in [1.82, 2.24) is 0 Å². The molecule has 0 unspecified atom stereocenters. The molecule has 0 saturated carbocycles. The summed E-state index contributed by atoms with van der Waals surface area (Å²) in [6.45, 7) is 0. The number of nitrogens with one attached hydrogen (secondary N) is 1. The third kappa shape index (κ3) is 3.81. The van der Waals surface area contributed by atoms with Gasteiger partial charge in [0.25, 0.3) is 5.91 Å². The number of alkyl halides is 1. The summed E-state index contributed by atoms with van der Waals surface area (Å²) < 4.78 is 0.755. The van der Waals surface area contributed by atoms with Crippen molar-refractivity contribution in [3.8, 4) is 0 Å². The monoisotopic (exact) mass is 401 g/mol. The maximum absolute atomic E-state index is 12.1. The van der Waals surface area contributed by atoms with E-state index < -0.39 is 0 Å². The van der Waals surface area contributed by atoms with Gasteiger partial charge in [0, 0.05) is 20.4 Å². The summed E-state index contributed by atoms with van der Waals surface area (Å²) in [6.07, 6.45) is 0. The zero-order valence-electron chi connectivity index (χ0n) is 9.79. The molecule has 1 amide bonds. The van der Waals surface area contributed by atoms with Crippen LogP contribution in [-0.2, 0) is 5.33 Å². The van der Waals surface area contributed by atoms with Gasteiger partial charge in [-0.05, 0) is 51.8 Å². The van der Waals surface area contributed by atoms with Crippen LogP contribution in [0.1, 0.15) is 15.9 Å². The average Bonchev–Trinajstić information content (AvgIpc) is 2.42. The summed E-state index contributed by atoms with van der Waals surface area (Å²) in [4.78, 5) is 12.1. The van der Waals surface area contributed by atoms with Crippen LogP contribution in [0.25, 0.3) is 0 Å². The van der Waals surface area contributed by atoms with Crippen LogP contribution in [0.15, 0.2) is 46.9 Å². The molecule has 2 aromatic carbocycles. The molecule has 0 aliphatic rings. The number of benzene rings is 2. The fourth-order valence-electron chi connectivity index (χ4n) is 1.53. The molecule has 0 spiro atoms. The molecule has 2 rings (SSSR count). The number of halogens is 3. The molecule has 0 radical (unpaired) electrons. The summed E-state index contributed by atoms with van der Waals surface area (Å²) in [5.41, 5.74) is 2.44. The Bertz CT molecular complexity index is 599. The first-order chi connectivity index (χ1) is 9.10. The van der Waals surface area contributed by atoms with Gasteiger partial charge in [-0.25, -0.2) is 0 Å². The molecule has 0 heterocycles. The number of hydrogen-bond acceptors (Lipinski definition) is 1. The van der Waals surface area contributed by atoms with Crippen LogP contribution < -0.4 is 5.32 Å². The van der Waals surface area contributed by atoms with Gasteiger partial charge in [-0.15, -0.1) is 0 Å². The van der Waals surface area contributed by atoms with Gasteiger partial charge in [0.15, 0.2) is 0 Å². The lowest BCUT2D eigenvalue weighted by atomic mass is 10.1. The molecule has 0 aromatic heterocycles. The highest BCUT2D eigenvalue weighted by atomic mass is 79.9. The van der Waals surface area contributed by atoms with E-state index in [4.69, 9.17) is 11.6 Å². The number of rotatable bonds is 3. The Morgan fingerprint density at radius 1 is 1.16 bits per heavy atom. The Morgan fingerprint density at radius 3 is 2.42 bits per heavy atom. The van der Waals surface area contributed by atoms with Crippen LogP contribution in [0, 0.1) is 0 Å². The van der Waals surface area contributed by atoms with Gasteiger partial charge in [-0.2, -0.15) is 0 Å². The molecule has 0 aliphatic carbocycles. The van der Waals surface area contributed by atoms with E-state index >= 15 is 0 Å². The fraction of sp³-hybridized carbons (Fsp3) is 0.0714. The lowest BCUT2D eigenvalue weighted by Gasteiger charge is -2.08. The van der Waals surface area contributed by atoms with Gasteiger partial charge in [-0.3, -0.25) is 4.79 Å². The molecular formula is C14H10Br2ClNO. The first kappa shape index (κ1) is 14.6. The van der Waals surface area contributed by atoms with E-state index in [0.717, 1.165) is 15.4 Å². The Labute approximate surface area is 133 Å². The minimum Gasteiger partial charge on any atom is -0.321 e. The minimum atomic E-state index is -0.149. The van der Waals surface area contributed by atoms with Crippen LogP contribution in [0.4, 0.5) is 5.69 Å². The molecule has 0 saturated heterocycles. The number of hydrogen-bond donors (Lipinski definition) is 1. The largest absolute Gasteiger partial charge is 0.321 e. The van der Waals surface area contributed by atoms with Crippen molar-refractivity contribution in [2.24, 2.45) is 0 Å². The van der Waals surface area contributed by atoms with Crippen molar-refractivity contribution in [1.29, 1.82) is 0 Å². The fourth-order valence-corrected chi connectivity index (χ4v) is 2.69. The van der Waals surface area contributed by atoms with Crippen LogP contribution in [0.5, 0.6) is 0 Å². The highest BCUT2D eigenvalue weighted by molar-refractivity contribution is 9.10. The number of carbonyl (C=O) groups is 1. The zero-order valence-corrected chi connectivity index (χ0v) is 13.7. The SMILES string of the molecule is O=C(Nc1ccc(Cl)cc1Br)c1ccc(CBr)cc1. The first-order valence-corrected chi connectivity index (χ1v) is 7.80. The van der Waals surface area contributed by atoms with Crippen molar-refractivity contribution < 1.29 is 4.79 Å². The normalized spacial score (nSPS) is 10.3. The molecule has 19 heavy (non-hydrogen) atoms. The summed E-state index contributed by atoms with van der Waals surface area (Å²) in [5.74, 6) is -0.149. The van der Waals surface area contributed by atoms with Crippen LogP contribution in [0.2, 0.25) is 5.02 Å². The van der Waals surface area contributed by atoms with Gasteiger partial charge in [-0.1, -0.05) is 39.7 Å². The van der Waals surface area contributed by atoms with E-state index in [9.17, 15) is 4.79 Å². The maximum atomic E-state index is 12.1. The van der Waals surface area contributed by atoms with Crippen molar-refractivity contribution >= 4 is 55.1 Å². The van der Waals surface area contributed by atoms with E-state index in [1.54, 1.807) is 30.3 Å². The Hall–Kier alpha value is -0.840. The smallest absolute Gasteiger partial charge is 0.255 e. The van der Waals surface area contributed by atoms with Gasteiger partial charge in [0.2, 0.25) is 0 Å². The minimum absolute atomic E-state index is 0.149. The van der Waals surface area contributed by atoms with Gasteiger partial charge >= 0.3 is 0 Å². The summed E-state index contributed by atoms with van der Waals surface area (Å²) in [5, 5.41) is 4.23. The maximum Gasteiger partial charge on any atom is 0.255 e. The van der Waals surface area contributed by atoms with Crippen molar-refractivity contribution in [2.75, 3.05) is 5.32 Å². The van der Waals surface area contributed by atoms with E-state index in [2.05, 4.69) is 37.2 Å². The van der Waals surface area contributed by atoms with Crippen molar-refractivity contribution in [3.05, 3.63) is 63.1 Å². The van der Waals surface area contributed by atoms with Gasteiger partial charge < -0.3 is 5.32 Å². The molecular weight excluding hydrogens is 393 g/mol. The first-order valence-electron chi connectivity index (χ1n) is 5.51. The van der Waals surface area contributed by atoms with E-state index in [1.165, 1.54) is 0 Å². The van der Waals surface area contributed by atoms with Crippen molar-refractivity contribution in [3.63, 3.8) is 0 Å².